The van der Waals surface area contributed by atoms with Crippen LogP contribution >= 0.6 is 0 Å². The third-order valence-electron chi connectivity index (χ3n) is 2.93. The number of carbonyl (C=O) groups is 2. The number of urea groups is 1. The second-order valence-electron chi connectivity index (χ2n) is 4.97. The fourth-order valence-electron chi connectivity index (χ4n) is 1.85. The van der Waals surface area contributed by atoms with E-state index in [2.05, 4.69) is 15.8 Å². The number of nitrogens with two attached hydrogens (primary N) is 1. The molecule has 0 unspecified atom stereocenters. The highest BCUT2D eigenvalue weighted by atomic mass is 16.5. The first-order chi connectivity index (χ1) is 10.9. The van der Waals surface area contributed by atoms with Crippen molar-refractivity contribution >= 4 is 17.6 Å². The van der Waals surface area contributed by atoms with Crippen molar-refractivity contribution in [1.29, 1.82) is 0 Å². The van der Waals surface area contributed by atoms with Gasteiger partial charge in [0.05, 0.1) is 12.2 Å². The fraction of sp³-hybridized carbons (Fsp3) is 0.267. The Hall–Kier alpha value is -3.03. The van der Waals surface area contributed by atoms with Crippen molar-refractivity contribution in [1.82, 2.24) is 10.5 Å². The van der Waals surface area contributed by atoms with Gasteiger partial charge < -0.3 is 25.6 Å². The van der Waals surface area contributed by atoms with Gasteiger partial charge in [0.15, 0.2) is 12.4 Å². The minimum absolute atomic E-state index is 0.191. The Morgan fingerprint density at radius 3 is 2.70 bits per heavy atom. The number of hydrogen-bond donors (Lipinski definition) is 3. The summed E-state index contributed by atoms with van der Waals surface area (Å²) in [5, 5.41) is 9.13. The molecule has 23 heavy (non-hydrogen) atoms. The lowest BCUT2D eigenvalue weighted by Gasteiger charge is -2.11. The summed E-state index contributed by atoms with van der Waals surface area (Å²) in [6.45, 7) is 3.67. The van der Waals surface area contributed by atoms with Crippen LogP contribution in [0.5, 0.6) is 5.75 Å². The first kappa shape index (κ1) is 16.3. The number of rotatable bonds is 6. The maximum Gasteiger partial charge on any atom is 0.319 e. The summed E-state index contributed by atoms with van der Waals surface area (Å²) >= 11 is 0. The molecule has 3 amide bonds. The summed E-state index contributed by atoms with van der Waals surface area (Å²) in [6, 6.07) is 6.41. The van der Waals surface area contributed by atoms with Gasteiger partial charge in [0.1, 0.15) is 5.75 Å². The number of hydrogen-bond acceptors (Lipinski definition) is 5. The summed E-state index contributed by atoms with van der Waals surface area (Å²) in [4.78, 5) is 22.5. The quantitative estimate of drug-likeness (QED) is 0.745. The third-order valence-corrected chi connectivity index (χ3v) is 2.93. The largest absolute Gasteiger partial charge is 0.484 e. The highest BCUT2D eigenvalue weighted by molar-refractivity contribution is 5.90. The Bertz CT molecular complexity index is 711. The van der Waals surface area contributed by atoms with Crippen LogP contribution in [0.15, 0.2) is 28.8 Å². The lowest BCUT2D eigenvalue weighted by molar-refractivity contribution is -0.119. The molecule has 2 aromatic rings. The maximum atomic E-state index is 11.9. The number of benzene rings is 1. The Morgan fingerprint density at radius 2 is 2.09 bits per heavy atom. The number of anilines is 1. The number of nitrogens with one attached hydrogen (secondary N) is 2. The molecule has 8 nitrogen and oxygen atoms in total. The topological polar surface area (TPSA) is 119 Å². The predicted octanol–water partition coefficient (Wildman–Crippen LogP) is 1.48. The van der Waals surface area contributed by atoms with Crippen LogP contribution < -0.4 is 21.1 Å². The molecule has 122 valence electrons. The lowest BCUT2D eigenvalue weighted by atomic mass is 10.2. The van der Waals surface area contributed by atoms with Crippen molar-refractivity contribution < 1.29 is 18.8 Å². The molecular formula is C15H18N4O4. The van der Waals surface area contributed by atoms with Crippen LogP contribution in [0.2, 0.25) is 0 Å². The number of amides is 3. The van der Waals surface area contributed by atoms with E-state index in [1.165, 1.54) is 0 Å². The number of aromatic nitrogens is 1. The van der Waals surface area contributed by atoms with Crippen LogP contribution in [0, 0.1) is 13.8 Å². The average Bonchev–Trinajstić information content (AvgIpc) is 2.91. The molecule has 0 bridgehead atoms. The summed E-state index contributed by atoms with van der Waals surface area (Å²) in [6.07, 6.45) is 0. The van der Waals surface area contributed by atoms with Crippen LogP contribution in [0.4, 0.5) is 10.5 Å². The van der Waals surface area contributed by atoms with Crippen LogP contribution in [-0.2, 0) is 11.3 Å². The van der Waals surface area contributed by atoms with E-state index < -0.39 is 5.91 Å². The number of carbonyl (C=O) groups excluding carboxylic acids is 2. The van der Waals surface area contributed by atoms with Gasteiger partial charge in [0.25, 0.3) is 5.91 Å². The molecule has 1 aromatic carbocycles. The van der Waals surface area contributed by atoms with E-state index in [1.807, 2.05) is 6.92 Å². The van der Waals surface area contributed by atoms with E-state index in [1.54, 1.807) is 31.2 Å². The molecule has 0 radical (unpaired) electrons. The number of ether oxygens (including phenoxy) is 1. The molecule has 0 aliphatic heterocycles. The lowest BCUT2D eigenvalue weighted by Crippen LogP contribution is -2.28. The molecule has 8 heteroatoms. The minimum atomic E-state index is -0.549. The number of aryl methyl sites for hydroxylation is 2. The van der Waals surface area contributed by atoms with E-state index in [0.717, 1.165) is 11.3 Å². The first-order valence-corrected chi connectivity index (χ1v) is 6.93. The maximum absolute atomic E-state index is 11.9. The van der Waals surface area contributed by atoms with Crippen LogP contribution in [-0.4, -0.2) is 23.7 Å². The molecule has 0 spiro atoms. The summed E-state index contributed by atoms with van der Waals surface area (Å²) in [7, 11) is 0. The summed E-state index contributed by atoms with van der Waals surface area (Å²) < 4.78 is 10.2. The fourth-order valence-corrected chi connectivity index (χ4v) is 1.85. The zero-order valence-electron chi connectivity index (χ0n) is 12.9. The van der Waals surface area contributed by atoms with Crippen molar-refractivity contribution in [2.45, 2.75) is 20.4 Å². The smallest absolute Gasteiger partial charge is 0.319 e. The van der Waals surface area contributed by atoms with Gasteiger partial charge in [-0.15, -0.1) is 0 Å². The second kappa shape index (κ2) is 7.30. The SMILES string of the molecule is Cc1cc(CNC(=O)Nc2ccc(OCC(N)=O)cc2C)on1. The predicted molar refractivity (Wildman–Crippen MR) is 83.0 cm³/mol. The Balaban J connectivity index is 1.88. The Labute approximate surface area is 133 Å². The van der Waals surface area contributed by atoms with E-state index in [-0.39, 0.29) is 19.2 Å². The zero-order valence-corrected chi connectivity index (χ0v) is 12.9. The van der Waals surface area contributed by atoms with Crippen molar-refractivity contribution in [3.8, 4) is 5.75 Å². The standard InChI is InChI=1S/C15H18N4O4/c1-9-5-11(22-8-14(16)20)3-4-13(9)18-15(21)17-7-12-6-10(2)19-23-12/h3-6H,7-8H2,1-2H3,(H2,16,20)(H2,17,18,21). The summed E-state index contributed by atoms with van der Waals surface area (Å²) in [5.41, 5.74) is 7.19. The van der Waals surface area contributed by atoms with Crippen LogP contribution in [0.1, 0.15) is 17.0 Å². The highest BCUT2D eigenvalue weighted by Gasteiger charge is 2.08. The van der Waals surface area contributed by atoms with Crippen molar-refractivity contribution in [2.75, 3.05) is 11.9 Å². The molecule has 0 saturated carbocycles. The zero-order chi connectivity index (χ0) is 16.8. The number of primary amides is 1. The summed E-state index contributed by atoms with van der Waals surface area (Å²) in [5.74, 6) is 0.529. The number of nitrogens with zero attached hydrogens (tertiary/aromatic N) is 1. The second-order valence-corrected chi connectivity index (χ2v) is 4.97. The van der Waals surface area contributed by atoms with E-state index >= 15 is 0 Å². The Morgan fingerprint density at radius 1 is 1.30 bits per heavy atom. The van der Waals surface area contributed by atoms with Gasteiger partial charge in [-0.1, -0.05) is 5.16 Å². The third kappa shape index (κ3) is 5.03. The normalized spacial score (nSPS) is 10.2. The van der Waals surface area contributed by atoms with Gasteiger partial charge in [-0.05, 0) is 37.6 Å². The van der Waals surface area contributed by atoms with E-state index in [0.29, 0.717) is 17.2 Å². The molecule has 4 N–H and O–H groups in total. The average molecular weight is 318 g/mol. The monoisotopic (exact) mass is 318 g/mol. The molecule has 0 aliphatic carbocycles. The van der Waals surface area contributed by atoms with Crippen molar-refractivity contribution in [3.05, 3.63) is 41.3 Å². The van der Waals surface area contributed by atoms with E-state index in [9.17, 15) is 9.59 Å². The molecule has 1 aromatic heterocycles. The molecule has 0 fully saturated rings. The van der Waals surface area contributed by atoms with Gasteiger partial charge in [0.2, 0.25) is 0 Å². The van der Waals surface area contributed by atoms with Gasteiger partial charge >= 0.3 is 6.03 Å². The van der Waals surface area contributed by atoms with Crippen molar-refractivity contribution in [2.24, 2.45) is 5.73 Å². The van der Waals surface area contributed by atoms with E-state index in [4.69, 9.17) is 15.0 Å². The van der Waals surface area contributed by atoms with Gasteiger partial charge in [0, 0.05) is 11.8 Å². The molecule has 0 atom stereocenters. The molecular weight excluding hydrogens is 300 g/mol. The van der Waals surface area contributed by atoms with Crippen molar-refractivity contribution in [3.63, 3.8) is 0 Å². The molecule has 0 saturated heterocycles. The molecule has 0 aliphatic rings. The minimum Gasteiger partial charge on any atom is -0.484 e. The van der Waals surface area contributed by atoms with Gasteiger partial charge in [-0.3, -0.25) is 4.79 Å². The van der Waals surface area contributed by atoms with Crippen LogP contribution in [0.25, 0.3) is 0 Å². The molecule has 1 heterocycles. The Kier molecular flexibility index (Phi) is 5.19. The molecule has 2 rings (SSSR count). The first-order valence-electron chi connectivity index (χ1n) is 6.93. The van der Waals surface area contributed by atoms with Crippen LogP contribution in [0.3, 0.4) is 0 Å². The highest BCUT2D eigenvalue weighted by Crippen LogP contribution is 2.21. The van der Waals surface area contributed by atoms with Gasteiger partial charge in [-0.2, -0.15) is 0 Å². The van der Waals surface area contributed by atoms with Gasteiger partial charge in [-0.25, -0.2) is 4.79 Å².